The molecule has 0 saturated heterocycles. The maximum atomic E-state index is 5.80. The Morgan fingerprint density at radius 1 is 0.750 bits per heavy atom. The molecular formula is C23H16N4O. The average Bonchev–Trinajstić information content (AvgIpc) is 3.41. The maximum Gasteiger partial charge on any atom is 0.248 e. The summed E-state index contributed by atoms with van der Waals surface area (Å²) in [6.45, 7) is 0. The quantitative estimate of drug-likeness (QED) is 0.420. The normalized spacial score (nSPS) is 11.4. The summed E-state index contributed by atoms with van der Waals surface area (Å²) in [6.07, 6.45) is 3.83. The highest BCUT2D eigenvalue weighted by Crippen LogP contribution is 2.25. The number of H-pyrrole nitrogens is 1. The van der Waals surface area contributed by atoms with E-state index in [1.807, 2.05) is 79.1 Å². The molecule has 0 aliphatic heterocycles. The second-order valence-electron chi connectivity index (χ2n) is 6.37. The predicted octanol–water partition coefficient (Wildman–Crippen LogP) is 5.64. The van der Waals surface area contributed by atoms with E-state index < -0.39 is 0 Å². The van der Waals surface area contributed by atoms with Crippen LogP contribution in [0.4, 0.5) is 5.69 Å². The van der Waals surface area contributed by atoms with Crippen LogP contribution in [0.2, 0.25) is 0 Å². The Balaban J connectivity index is 1.37. The lowest BCUT2D eigenvalue weighted by Crippen LogP contribution is -1.79. The van der Waals surface area contributed by atoms with Crippen molar-refractivity contribution in [2.75, 3.05) is 0 Å². The van der Waals surface area contributed by atoms with E-state index >= 15 is 0 Å². The van der Waals surface area contributed by atoms with Crippen LogP contribution in [0.5, 0.6) is 0 Å². The summed E-state index contributed by atoms with van der Waals surface area (Å²) in [5.41, 5.74) is 4.78. The number of aromatic amines is 1. The minimum absolute atomic E-state index is 0.492. The first-order valence-corrected chi connectivity index (χ1v) is 8.96. The van der Waals surface area contributed by atoms with E-state index in [4.69, 9.17) is 4.42 Å². The van der Waals surface area contributed by atoms with Gasteiger partial charge in [-0.05, 0) is 42.5 Å². The van der Waals surface area contributed by atoms with E-state index in [0.29, 0.717) is 11.8 Å². The number of hydrogen-bond acceptors (Lipinski definition) is 4. The summed E-state index contributed by atoms with van der Waals surface area (Å²) in [6, 6.07) is 25.6. The number of benzene rings is 3. The molecule has 0 fully saturated rings. The van der Waals surface area contributed by atoms with E-state index in [1.165, 1.54) is 0 Å². The molecule has 1 N–H and O–H groups in total. The van der Waals surface area contributed by atoms with Gasteiger partial charge in [-0.3, -0.25) is 4.99 Å². The minimum Gasteiger partial charge on any atom is -0.416 e. The van der Waals surface area contributed by atoms with Gasteiger partial charge in [0.05, 0.1) is 5.69 Å². The van der Waals surface area contributed by atoms with Gasteiger partial charge in [0.25, 0.3) is 0 Å². The van der Waals surface area contributed by atoms with Crippen LogP contribution in [-0.2, 0) is 0 Å². The van der Waals surface area contributed by atoms with Crippen molar-refractivity contribution in [1.82, 2.24) is 15.2 Å². The molecule has 0 amide bonds. The van der Waals surface area contributed by atoms with Crippen molar-refractivity contribution < 1.29 is 4.42 Å². The highest BCUT2D eigenvalue weighted by atomic mass is 16.4. The van der Waals surface area contributed by atoms with E-state index in [-0.39, 0.29) is 0 Å². The van der Waals surface area contributed by atoms with Crippen molar-refractivity contribution in [3.63, 3.8) is 0 Å². The van der Waals surface area contributed by atoms with Crippen LogP contribution < -0.4 is 0 Å². The fraction of sp³-hybridized carbons (Fsp3) is 0. The SMILES string of the molecule is C(=Nc1ccc(-c2nnc(-c3ccccc3)o2)cc1)c1c[nH]c2ccccc12. The van der Waals surface area contributed by atoms with Crippen molar-refractivity contribution in [2.24, 2.45) is 4.99 Å². The first-order valence-electron chi connectivity index (χ1n) is 8.96. The molecular weight excluding hydrogens is 348 g/mol. The molecule has 0 atom stereocenters. The van der Waals surface area contributed by atoms with Crippen molar-refractivity contribution in [3.8, 4) is 22.9 Å². The second-order valence-corrected chi connectivity index (χ2v) is 6.37. The van der Waals surface area contributed by atoms with Crippen molar-refractivity contribution in [1.29, 1.82) is 0 Å². The molecule has 0 radical (unpaired) electrons. The number of nitrogens with one attached hydrogen (secondary N) is 1. The van der Waals surface area contributed by atoms with Crippen LogP contribution >= 0.6 is 0 Å². The zero-order chi connectivity index (χ0) is 18.8. The molecule has 0 aliphatic rings. The van der Waals surface area contributed by atoms with Crippen LogP contribution in [0.1, 0.15) is 5.56 Å². The van der Waals surface area contributed by atoms with Gasteiger partial charge in [-0.15, -0.1) is 10.2 Å². The fourth-order valence-corrected chi connectivity index (χ4v) is 3.07. The van der Waals surface area contributed by atoms with Gasteiger partial charge in [-0.2, -0.15) is 0 Å². The Labute approximate surface area is 161 Å². The lowest BCUT2D eigenvalue weighted by molar-refractivity contribution is 0.584. The number of nitrogens with zero attached hydrogens (tertiary/aromatic N) is 3. The van der Waals surface area contributed by atoms with Gasteiger partial charge in [0.15, 0.2) is 0 Å². The van der Waals surface area contributed by atoms with Crippen LogP contribution in [0.25, 0.3) is 33.8 Å². The smallest absolute Gasteiger partial charge is 0.248 e. The highest BCUT2D eigenvalue weighted by Gasteiger charge is 2.10. The summed E-state index contributed by atoms with van der Waals surface area (Å²) >= 11 is 0. The molecule has 2 heterocycles. The average molecular weight is 364 g/mol. The zero-order valence-corrected chi connectivity index (χ0v) is 14.9. The van der Waals surface area contributed by atoms with Gasteiger partial charge in [0.2, 0.25) is 11.8 Å². The molecule has 0 spiro atoms. The molecule has 5 nitrogen and oxygen atoms in total. The van der Waals surface area contributed by atoms with Gasteiger partial charge in [0.1, 0.15) is 0 Å². The molecule has 3 aromatic carbocycles. The minimum atomic E-state index is 0.492. The van der Waals surface area contributed by atoms with Crippen molar-refractivity contribution in [2.45, 2.75) is 0 Å². The van der Waals surface area contributed by atoms with Gasteiger partial charge in [-0.1, -0.05) is 36.4 Å². The lowest BCUT2D eigenvalue weighted by Gasteiger charge is -1.97. The molecule has 0 aliphatic carbocycles. The molecule has 0 unspecified atom stereocenters. The fourth-order valence-electron chi connectivity index (χ4n) is 3.07. The Kier molecular flexibility index (Phi) is 4.03. The van der Waals surface area contributed by atoms with Gasteiger partial charge in [0, 0.05) is 40.0 Å². The van der Waals surface area contributed by atoms with Crippen molar-refractivity contribution >= 4 is 22.8 Å². The maximum absolute atomic E-state index is 5.80. The molecule has 134 valence electrons. The van der Waals surface area contributed by atoms with Crippen LogP contribution in [0.15, 0.2) is 94.5 Å². The first kappa shape index (κ1) is 16.2. The topological polar surface area (TPSA) is 67.1 Å². The third kappa shape index (κ3) is 3.10. The van der Waals surface area contributed by atoms with Crippen molar-refractivity contribution in [3.05, 3.63) is 90.6 Å². The molecule has 2 aromatic heterocycles. The van der Waals surface area contributed by atoms with Gasteiger partial charge < -0.3 is 9.40 Å². The number of para-hydroxylation sites is 1. The highest BCUT2D eigenvalue weighted by molar-refractivity contribution is 5.99. The van der Waals surface area contributed by atoms with E-state index in [9.17, 15) is 0 Å². The van der Waals surface area contributed by atoms with Gasteiger partial charge >= 0.3 is 0 Å². The Bertz CT molecular complexity index is 1250. The number of hydrogen-bond donors (Lipinski definition) is 1. The number of aliphatic imine (C=N–C) groups is 1. The molecule has 0 bridgehead atoms. The summed E-state index contributed by atoms with van der Waals surface area (Å²) in [4.78, 5) is 7.83. The largest absolute Gasteiger partial charge is 0.416 e. The molecule has 28 heavy (non-hydrogen) atoms. The lowest BCUT2D eigenvalue weighted by atomic mass is 10.2. The summed E-state index contributed by atoms with van der Waals surface area (Å²) in [7, 11) is 0. The summed E-state index contributed by atoms with van der Waals surface area (Å²) in [5, 5.41) is 9.44. The monoisotopic (exact) mass is 364 g/mol. The summed E-state index contributed by atoms with van der Waals surface area (Å²) < 4.78 is 5.80. The number of rotatable bonds is 4. The Morgan fingerprint density at radius 3 is 2.21 bits per heavy atom. The predicted molar refractivity (Wildman–Crippen MR) is 111 cm³/mol. The molecule has 0 saturated carbocycles. The molecule has 5 heteroatoms. The third-order valence-electron chi connectivity index (χ3n) is 4.53. The number of fused-ring (bicyclic) bond motifs is 1. The van der Waals surface area contributed by atoms with E-state index in [2.05, 4.69) is 32.3 Å². The van der Waals surface area contributed by atoms with E-state index in [0.717, 1.165) is 33.3 Å². The zero-order valence-electron chi connectivity index (χ0n) is 14.9. The molecule has 5 aromatic rings. The van der Waals surface area contributed by atoms with Crippen LogP contribution in [-0.4, -0.2) is 21.4 Å². The standard InChI is InChI=1S/C23H16N4O/c1-2-6-16(7-3-1)22-26-27-23(28-22)17-10-12-19(13-11-17)24-14-18-15-25-21-9-5-4-8-20(18)21/h1-15,25H. The number of aromatic nitrogens is 3. The third-order valence-corrected chi connectivity index (χ3v) is 4.53. The second kappa shape index (κ2) is 6.96. The van der Waals surface area contributed by atoms with Crippen LogP contribution in [0.3, 0.4) is 0 Å². The summed E-state index contributed by atoms with van der Waals surface area (Å²) in [5.74, 6) is 1.00. The molecule has 5 rings (SSSR count). The van der Waals surface area contributed by atoms with E-state index in [1.54, 1.807) is 0 Å². The van der Waals surface area contributed by atoms with Gasteiger partial charge in [-0.25, -0.2) is 0 Å². The Morgan fingerprint density at radius 2 is 1.43 bits per heavy atom. The first-order chi connectivity index (χ1) is 13.9. The van der Waals surface area contributed by atoms with Crippen LogP contribution in [0, 0.1) is 0 Å². The Hall–Kier alpha value is -3.99.